The number of hydrogen-bond donors (Lipinski definition) is 6. The van der Waals surface area contributed by atoms with Gasteiger partial charge in [-0.05, 0) is 6.42 Å². The minimum absolute atomic E-state index is 0.0538. The molecule has 0 spiro atoms. The highest BCUT2D eigenvalue weighted by molar-refractivity contribution is 6.00. The van der Waals surface area contributed by atoms with Crippen LogP contribution in [0.1, 0.15) is 13.3 Å². The largest absolute Gasteiger partial charge is 0.395 e. The Morgan fingerprint density at radius 2 is 1.24 bits per heavy atom. The van der Waals surface area contributed by atoms with Crippen molar-refractivity contribution in [1.29, 1.82) is 0 Å². The van der Waals surface area contributed by atoms with Gasteiger partial charge < -0.3 is 31.5 Å². The maximum absolute atomic E-state index is 11.9. The molecular formula is C13H28N4O4. The molecule has 21 heavy (non-hydrogen) atoms. The van der Waals surface area contributed by atoms with Crippen molar-refractivity contribution in [2.75, 3.05) is 52.5 Å². The zero-order chi connectivity index (χ0) is 15.9. The molecule has 0 aliphatic carbocycles. The maximum atomic E-state index is 11.9. The lowest BCUT2D eigenvalue weighted by molar-refractivity contribution is -0.135. The van der Waals surface area contributed by atoms with Crippen LogP contribution in [-0.4, -0.2) is 74.5 Å². The molecule has 0 aliphatic heterocycles. The van der Waals surface area contributed by atoms with Crippen molar-refractivity contribution in [3.8, 4) is 0 Å². The first kappa shape index (κ1) is 19.8. The van der Waals surface area contributed by atoms with Gasteiger partial charge in [0.1, 0.15) is 5.92 Å². The molecule has 0 unspecified atom stereocenters. The van der Waals surface area contributed by atoms with Gasteiger partial charge in [0.25, 0.3) is 0 Å². The molecule has 0 heterocycles. The van der Waals surface area contributed by atoms with Crippen molar-refractivity contribution in [2.24, 2.45) is 5.92 Å². The summed E-state index contributed by atoms with van der Waals surface area (Å²) >= 11 is 0. The van der Waals surface area contributed by atoms with Crippen LogP contribution in [0.25, 0.3) is 0 Å². The molecule has 124 valence electrons. The van der Waals surface area contributed by atoms with Gasteiger partial charge in [-0.25, -0.2) is 0 Å². The average molecular weight is 304 g/mol. The first-order valence-corrected chi connectivity index (χ1v) is 7.35. The van der Waals surface area contributed by atoms with E-state index in [1.807, 2.05) is 0 Å². The highest BCUT2D eigenvalue weighted by Crippen LogP contribution is 2.02. The van der Waals surface area contributed by atoms with E-state index in [-0.39, 0.29) is 25.0 Å². The molecule has 0 saturated heterocycles. The number of carbonyl (C=O) groups excluding carboxylic acids is 2. The summed E-state index contributed by atoms with van der Waals surface area (Å²) in [5.74, 6) is -1.27. The van der Waals surface area contributed by atoms with Gasteiger partial charge in [-0.2, -0.15) is 0 Å². The molecule has 2 amide bonds. The molecule has 0 aromatic carbocycles. The van der Waals surface area contributed by atoms with E-state index in [1.165, 1.54) is 0 Å². The highest BCUT2D eigenvalue weighted by Gasteiger charge is 2.23. The van der Waals surface area contributed by atoms with Crippen molar-refractivity contribution in [1.82, 2.24) is 21.3 Å². The number of hydrogen-bond acceptors (Lipinski definition) is 6. The first-order valence-electron chi connectivity index (χ1n) is 7.35. The van der Waals surface area contributed by atoms with Crippen LogP contribution < -0.4 is 21.3 Å². The Kier molecular flexibility index (Phi) is 13.0. The second-order valence-corrected chi connectivity index (χ2v) is 4.49. The Hall–Kier alpha value is -1.22. The summed E-state index contributed by atoms with van der Waals surface area (Å²) < 4.78 is 0. The third kappa shape index (κ3) is 10.2. The maximum Gasteiger partial charge on any atom is 0.232 e. The fourth-order valence-electron chi connectivity index (χ4n) is 1.69. The van der Waals surface area contributed by atoms with E-state index >= 15 is 0 Å². The van der Waals surface area contributed by atoms with Crippen LogP contribution in [0.3, 0.4) is 0 Å². The van der Waals surface area contributed by atoms with Gasteiger partial charge in [-0.1, -0.05) is 6.92 Å². The van der Waals surface area contributed by atoms with Crippen LogP contribution in [-0.2, 0) is 9.59 Å². The van der Waals surface area contributed by atoms with Crippen LogP contribution in [0, 0.1) is 5.92 Å². The smallest absolute Gasteiger partial charge is 0.232 e. The predicted octanol–water partition coefficient (Wildman–Crippen LogP) is -2.59. The fraction of sp³-hybridized carbons (Fsp3) is 0.846. The number of aliphatic hydroxyl groups is 2. The fourth-order valence-corrected chi connectivity index (χ4v) is 1.69. The van der Waals surface area contributed by atoms with Gasteiger partial charge in [0.2, 0.25) is 11.8 Å². The lowest BCUT2D eigenvalue weighted by Crippen LogP contribution is -2.44. The van der Waals surface area contributed by atoms with Crippen LogP contribution in [0.15, 0.2) is 0 Å². The number of carbonyl (C=O) groups is 2. The second kappa shape index (κ2) is 13.7. The Labute approximate surface area is 125 Å². The molecule has 8 nitrogen and oxygen atoms in total. The Morgan fingerprint density at radius 3 is 1.57 bits per heavy atom. The lowest BCUT2D eigenvalue weighted by Gasteiger charge is -2.15. The Bertz CT molecular complexity index is 263. The van der Waals surface area contributed by atoms with E-state index in [0.717, 1.165) is 0 Å². The van der Waals surface area contributed by atoms with E-state index < -0.39 is 5.92 Å². The monoisotopic (exact) mass is 304 g/mol. The number of amides is 2. The molecule has 0 rings (SSSR count). The molecule has 0 bridgehead atoms. The average Bonchev–Trinajstić information content (AvgIpc) is 2.47. The van der Waals surface area contributed by atoms with E-state index in [9.17, 15) is 9.59 Å². The molecule has 0 radical (unpaired) electrons. The van der Waals surface area contributed by atoms with Crippen molar-refractivity contribution < 1.29 is 19.8 Å². The van der Waals surface area contributed by atoms with E-state index in [4.69, 9.17) is 10.2 Å². The summed E-state index contributed by atoms with van der Waals surface area (Å²) in [5.41, 5.74) is 0. The molecule has 0 fully saturated rings. The van der Waals surface area contributed by atoms with Crippen molar-refractivity contribution >= 4 is 11.8 Å². The number of nitrogens with one attached hydrogen (secondary N) is 4. The zero-order valence-corrected chi connectivity index (χ0v) is 12.7. The Morgan fingerprint density at radius 1 is 0.810 bits per heavy atom. The van der Waals surface area contributed by atoms with Crippen LogP contribution in [0.2, 0.25) is 0 Å². The van der Waals surface area contributed by atoms with Crippen LogP contribution >= 0.6 is 0 Å². The minimum Gasteiger partial charge on any atom is -0.395 e. The summed E-state index contributed by atoms with van der Waals surface area (Å²) in [6, 6.07) is 0. The topological polar surface area (TPSA) is 123 Å². The van der Waals surface area contributed by atoms with E-state index in [1.54, 1.807) is 6.92 Å². The van der Waals surface area contributed by atoms with Gasteiger partial charge in [0.15, 0.2) is 0 Å². The third-order valence-corrected chi connectivity index (χ3v) is 2.82. The molecule has 8 heteroatoms. The SMILES string of the molecule is CCC(C(=O)NCCNCCO)C(=O)NCCNCCO. The summed E-state index contributed by atoms with van der Waals surface area (Å²) in [6.45, 7) is 4.80. The normalized spacial score (nSPS) is 10.7. The van der Waals surface area contributed by atoms with Crippen molar-refractivity contribution in [3.63, 3.8) is 0 Å². The van der Waals surface area contributed by atoms with E-state index in [2.05, 4.69) is 21.3 Å². The minimum atomic E-state index is -0.694. The third-order valence-electron chi connectivity index (χ3n) is 2.82. The molecule has 0 aliphatic rings. The van der Waals surface area contributed by atoms with Gasteiger partial charge in [-0.15, -0.1) is 0 Å². The molecular weight excluding hydrogens is 276 g/mol. The summed E-state index contributed by atoms with van der Waals surface area (Å²) in [5, 5.41) is 28.4. The zero-order valence-electron chi connectivity index (χ0n) is 12.7. The van der Waals surface area contributed by atoms with Crippen LogP contribution in [0.4, 0.5) is 0 Å². The summed E-state index contributed by atoms with van der Waals surface area (Å²) in [4.78, 5) is 23.8. The quantitative estimate of drug-likeness (QED) is 0.164. The second-order valence-electron chi connectivity index (χ2n) is 4.49. The summed E-state index contributed by atoms with van der Waals surface area (Å²) in [7, 11) is 0. The highest BCUT2D eigenvalue weighted by atomic mass is 16.3. The van der Waals surface area contributed by atoms with Crippen LogP contribution in [0.5, 0.6) is 0 Å². The lowest BCUT2D eigenvalue weighted by atomic mass is 10.0. The number of rotatable bonds is 13. The van der Waals surface area contributed by atoms with E-state index in [0.29, 0.717) is 45.7 Å². The van der Waals surface area contributed by atoms with Crippen molar-refractivity contribution in [3.05, 3.63) is 0 Å². The Balaban J connectivity index is 3.88. The number of aliphatic hydroxyl groups excluding tert-OH is 2. The van der Waals surface area contributed by atoms with Gasteiger partial charge in [0.05, 0.1) is 13.2 Å². The standard InChI is InChI=1S/C13H28N4O4/c1-2-11(12(20)16-5-3-14-7-9-18)13(21)17-6-4-15-8-10-19/h11,14-15,18-19H,2-10H2,1H3,(H,16,20)(H,17,21). The van der Waals surface area contributed by atoms with Crippen molar-refractivity contribution in [2.45, 2.75) is 13.3 Å². The first-order chi connectivity index (χ1) is 10.2. The molecule has 6 N–H and O–H groups in total. The molecule has 0 atom stereocenters. The molecule has 0 aromatic heterocycles. The summed E-state index contributed by atoms with van der Waals surface area (Å²) in [6.07, 6.45) is 0.436. The predicted molar refractivity (Wildman–Crippen MR) is 79.7 cm³/mol. The van der Waals surface area contributed by atoms with Gasteiger partial charge >= 0.3 is 0 Å². The van der Waals surface area contributed by atoms with Gasteiger partial charge in [0, 0.05) is 39.3 Å². The van der Waals surface area contributed by atoms with Gasteiger partial charge in [-0.3, -0.25) is 9.59 Å². The molecule has 0 aromatic rings. The molecule has 0 saturated carbocycles.